The van der Waals surface area contributed by atoms with Crippen molar-refractivity contribution in [1.29, 1.82) is 0 Å². The summed E-state index contributed by atoms with van der Waals surface area (Å²) in [5, 5.41) is 0. The molecule has 0 N–H and O–H groups in total. The van der Waals surface area contributed by atoms with E-state index in [1.54, 1.807) is 0 Å². The average Bonchev–Trinajstić information content (AvgIpc) is 2.51. The Morgan fingerprint density at radius 1 is 0.900 bits per heavy atom. The molecule has 1 saturated heterocycles. The van der Waals surface area contributed by atoms with Gasteiger partial charge in [-0.15, -0.1) is 0 Å². The van der Waals surface area contributed by atoms with E-state index in [0.717, 1.165) is 36.2 Å². The van der Waals surface area contributed by atoms with Gasteiger partial charge in [0.1, 0.15) is 11.9 Å². The molecule has 3 heteroatoms. The smallest absolute Gasteiger partial charge is 0.119 e. The molecule has 20 heavy (non-hydrogen) atoms. The first kappa shape index (κ1) is 13.5. The zero-order chi connectivity index (χ0) is 13.8. The third-order valence-corrected chi connectivity index (χ3v) is 4.21. The van der Waals surface area contributed by atoms with Gasteiger partial charge < -0.3 is 9.64 Å². The fourth-order valence-electron chi connectivity index (χ4n) is 2.58. The average molecular weight is 332 g/mol. The maximum absolute atomic E-state index is 6.05. The highest BCUT2D eigenvalue weighted by molar-refractivity contribution is 9.10. The Morgan fingerprint density at radius 3 is 2.20 bits per heavy atom. The van der Waals surface area contributed by atoms with Gasteiger partial charge in [0.25, 0.3) is 0 Å². The second kappa shape index (κ2) is 6.31. The van der Waals surface area contributed by atoms with Gasteiger partial charge in [0.2, 0.25) is 0 Å². The number of piperidine rings is 1. The van der Waals surface area contributed by atoms with Gasteiger partial charge >= 0.3 is 0 Å². The molecule has 104 valence electrons. The second-order valence-corrected chi connectivity index (χ2v) is 6.01. The summed E-state index contributed by atoms with van der Waals surface area (Å²) in [6.45, 7) is 2.12. The number of anilines is 1. The topological polar surface area (TPSA) is 12.5 Å². The Bertz CT molecular complexity index is 533. The summed E-state index contributed by atoms with van der Waals surface area (Å²) in [5.74, 6) is 0.964. The van der Waals surface area contributed by atoms with Crippen LogP contribution in [0, 0.1) is 0 Å². The van der Waals surface area contributed by atoms with Gasteiger partial charge in [0.05, 0.1) is 0 Å². The summed E-state index contributed by atoms with van der Waals surface area (Å²) < 4.78 is 7.13. The van der Waals surface area contributed by atoms with Crippen LogP contribution in [-0.2, 0) is 0 Å². The summed E-state index contributed by atoms with van der Waals surface area (Å²) in [4.78, 5) is 2.43. The summed E-state index contributed by atoms with van der Waals surface area (Å²) in [6.07, 6.45) is 2.48. The molecule has 1 aliphatic heterocycles. The number of ether oxygens (including phenoxy) is 1. The van der Waals surface area contributed by atoms with Crippen molar-refractivity contribution in [3.8, 4) is 5.75 Å². The molecule has 1 fully saturated rings. The molecule has 1 aliphatic rings. The van der Waals surface area contributed by atoms with Crippen LogP contribution in [0.3, 0.4) is 0 Å². The standard InChI is InChI=1S/C17H18BrNO/c18-14-6-8-16(9-7-14)20-17-10-12-19(13-11-17)15-4-2-1-3-5-15/h1-9,17H,10-13H2. The molecule has 0 spiro atoms. The molecule has 0 aromatic heterocycles. The van der Waals surface area contributed by atoms with E-state index < -0.39 is 0 Å². The quantitative estimate of drug-likeness (QED) is 0.821. The van der Waals surface area contributed by atoms with Crippen LogP contribution in [0.15, 0.2) is 59.1 Å². The molecule has 0 amide bonds. The lowest BCUT2D eigenvalue weighted by molar-refractivity contribution is 0.171. The number of hydrogen-bond donors (Lipinski definition) is 0. The van der Waals surface area contributed by atoms with Gasteiger partial charge in [-0.05, 0) is 36.4 Å². The third kappa shape index (κ3) is 3.34. The maximum atomic E-state index is 6.05. The van der Waals surface area contributed by atoms with E-state index >= 15 is 0 Å². The number of benzene rings is 2. The van der Waals surface area contributed by atoms with E-state index in [0.29, 0.717) is 6.10 Å². The van der Waals surface area contributed by atoms with Crippen LogP contribution in [0.1, 0.15) is 12.8 Å². The van der Waals surface area contributed by atoms with Crippen molar-refractivity contribution < 1.29 is 4.74 Å². The monoisotopic (exact) mass is 331 g/mol. The second-order valence-electron chi connectivity index (χ2n) is 5.09. The molecular formula is C17H18BrNO. The normalized spacial score (nSPS) is 16.1. The number of halogens is 1. The molecule has 0 radical (unpaired) electrons. The number of rotatable bonds is 3. The Labute approximate surface area is 128 Å². The fourth-order valence-corrected chi connectivity index (χ4v) is 2.84. The predicted molar refractivity (Wildman–Crippen MR) is 86.4 cm³/mol. The summed E-state index contributed by atoms with van der Waals surface area (Å²) in [6, 6.07) is 18.7. The SMILES string of the molecule is Brc1ccc(OC2CCN(c3ccccc3)CC2)cc1. The van der Waals surface area contributed by atoms with Gasteiger partial charge in [0.15, 0.2) is 0 Å². The molecular weight excluding hydrogens is 314 g/mol. The van der Waals surface area contributed by atoms with Crippen LogP contribution in [0.4, 0.5) is 5.69 Å². The van der Waals surface area contributed by atoms with Crippen LogP contribution in [-0.4, -0.2) is 19.2 Å². The highest BCUT2D eigenvalue weighted by Crippen LogP contribution is 2.24. The van der Waals surface area contributed by atoms with Crippen molar-refractivity contribution in [2.24, 2.45) is 0 Å². The van der Waals surface area contributed by atoms with Crippen LogP contribution in [0.25, 0.3) is 0 Å². The van der Waals surface area contributed by atoms with Crippen molar-refractivity contribution in [3.05, 3.63) is 59.1 Å². The molecule has 0 aliphatic carbocycles. The molecule has 2 aromatic rings. The lowest BCUT2D eigenvalue weighted by Gasteiger charge is -2.33. The number of para-hydroxylation sites is 1. The molecule has 2 aromatic carbocycles. The van der Waals surface area contributed by atoms with Crippen molar-refractivity contribution >= 4 is 21.6 Å². The molecule has 1 heterocycles. The lowest BCUT2D eigenvalue weighted by atomic mass is 10.1. The third-order valence-electron chi connectivity index (χ3n) is 3.68. The molecule has 0 bridgehead atoms. The van der Waals surface area contributed by atoms with E-state index in [2.05, 4.69) is 51.2 Å². The summed E-state index contributed by atoms with van der Waals surface area (Å²) >= 11 is 3.44. The van der Waals surface area contributed by atoms with Crippen molar-refractivity contribution in [3.63, 3.8) is 0 Å². The number of nitrogens with zero attached hydrogens (tertiary/aromatic N) is 1. The van der Waals surface area contributed by atoms with Crippen molar-refractivity contribution in [2.75, 3.05) is 18.0 Å². The van der Waals surface area contributed by atoms with Gasteiger partial charge in [-0.2, -0.15) is 0 Å². The highest BCUT2D eigenvalue weighted by Gasteiger charge is 2.20. The van der Waals surface area contributed by atoms with E-state index in [9.17, 15) is 0 Å². The zero-order valence-electron chi connectivity index (χ0n) is 11.3. The Morgan fingerprint density at radius 2 is 1.55 bits per heavy atom. The molecule has 0 atom stereocenters. The first-order valence-electron chi connectivity index (χ1n) is 7.03. The van der Waals surface area contributed by atoms with E-state index in [1.165, 1.54) is 5.69 Å². The molecule has 0 unspecified atom stereocenters. The predicted octanol–water partition coefficient (Wildman–Crippen LogP) is 4.50. The first-order chi connectivity index (χ1) is 9.81. The Kier molecular flexibility index (Phi) is 4.26. The molecule has 3 rings (SSSR count). The zero-order valence-corrected chi connectivity index (χ0v) is 12.9. The van der Waals surface area contributed by atoms with Gasteiger partial charge in [0, 0.05) is 36.1 Å². The van der Waals surface area contributed by atoms with Crippen LogP contribution < -0.4 is 9.64 Å². The van der Waals surface area contributed by atoms with E-state index in [4.69, 9.17) is 4.74 Å². The first-order valence-corrected chi connectivity index (χ1v) is 7.83. The minimum atomic E-state index is 0.330. The van der Waals surface area contributed by atoms with E-state index in [-0.39, 0.29) is 0 Å². The molecule has 2 nitrogen and oxygen atoms in total. The van der Waals surface area contributed by atoms with Gasteiger partial charge in [-0.25, -0.2) is 0 Å². The maximum Gasteiger partial charge on any atom is 0.119 e. The van der Waals surface area contributed by atoms with Crippen molar-refractivity contribution in [2.45, 2.75) is 18.9 Å². The van der Waals surface area contributed by atoms with Crippen LogP contribution in [0.2, 0.25) is 0 Å². The minimum absolute atomic E-state index is 0.330. The van der Waals surface area contributed by atoms with Crippen molar-refractivity contribution in [1.82, 2.24) is 0 Å². The Balaban J connectivity index is 1.55. The lowest BCUT2D eigenvalue weighted by Crippen LogP contribution is -2.38. The van der Waals surface area contributed by atoms with E-state index in [1.807, 2.05) is 24.3 Å². The minimum Gasteiger partial charge on any atom is -0.490 e. The van der Waals surface area contributed by atoms with Crippen LogP contribution >= 0.6 is 15.9 Å². The largest absolute Gasteiger partial charge is 0.490 e. The van der Waals surface area contributed by atoms with Gasteiger partial charge in [-0.1, -0.05) is 34.1 Å². The number of hydrogen-bond acceptors (Lipinski definition) is 2. The summed E-state index contributed by atoms with van der Waals surface area (Å²) in [5.41, 5.74) is 1.31. The molecule has 0 saturated carbocycles. The fraction of sp³-hybridized carbons (Fsp3) is 0.294. The summed E-state index contributed by atoms with van der Waals surface area (Å²) in [7, 11) is 0. The Hall–Kier alpha value is -1.48. The highest BCUT2D eigenvalue weighted by atomic mass is 79.9. The van der Waals surface area contributed by atoms with Gasteiger partial charge in [-0.3, -0.25) is 0 Å². The van der Waals surface area contributed by atoms with Crippen LogP contribution in [0.5, 0.6) is 5.75 Å².